The van der Waals surface area contributed by atoms with Crippen LogP contribution >= 0.6 is 27.5 Å². The van der Waals surface area contributed by atoms with Crippen molar-refractivity contribution in [1.29, 1.82) is 0 Å². The third-order valence-electron chi connectivity index (χ3n) is 2.62. The van der Waals surface area contributed by atoms with Gasteiger partial charge in [-0.2, -0.15) is 0 Å². The quantitative estimate of drug-likeness (QED) is 0.771. The summed E-state index contributed by atoms with van der Waals surface area (Å²) >= 11 is 9.45. The molecule has 1 aliphatic rings. The van der Waals surface area contributed by atoms with E-state index in [0.29, 0.717) is 11.9 Å². The fraction of sp³-hybridized carbons (Fsp3) is 0.500. The van der Waals surface area contributed by atoms with E-state index in [0.717, 1.165) is 11.0 Å². The van der Waals surface area contributed by atoms with Gasteiger partial charge in [-0.25, -0.2) is 0 Å². The zero-order valence-corrected chi connectivity index (χ0v) is 10.1. The van der Waals surface area contributed by atoms with Crippen LogP contribution in [0.25, 0.3) is 0 Å². The Hall–Kier alpha value is -0.280. The second kappa shape index (κ2) is 4.49. The molecule has 1 unspecified atom stereocenters. The first-order valence-corrected chi connectivity index (χ1v) is 6.08. The molecule has 0 amide bonds. The van der Waals surface area contributed by atoms with Gasteiger partial charge in [0.2, 0.25) is 0 Å². The summed E-state index contributed by atoms with van der Waals surface area (Å²) in [6, 6.07) is 2.52. The minimum absolute atomic E-state index is 0.482. The minimum atomic E-state index is 0.482. The highest BCUT2D eigenvalue weighted by Gasteiger charge is 2.24. The zero-order valence-electron chi connectivity index (χ0n) is 7.79. The Kier molecular flexibility index (Phi) is 3.29. The van der Waals surface area contributed by atoms with Crippen LogP contribution in [0.3, 0.4) is 0 Å². The lowest BCUT2D eigenvalue weighted by molar-refractivity contribution is 0.740. The van der Waals surface area contributed by atoms with Crippen LogP contribution in [-0.4, -0.2) is 23.5 Å². The van der Waals surface area contributed by atoms with Gasteiger partial charge in [0.05, 0.1) is 10.2 Å². The van der Waals surface area contributed by atoms with Crippen LogP contribution in [-0.2, 0) is 0 Å². The van der Waals surface area contributed by atoms with Gasteiger partial charge in [-0.15, -0.1) is 11.6 Å². The third-order valence-corrected chi connectivity index (χ3v) is 3.58. The van der Waals surface area contributed by atoms with E-state index >= 15 is 0 Å². The van der Waals surface area contributed by atoms with E-state index < -0.39 is 0 Å². The number of rotatable bonds is 2. The Morgan fingerprint density at radius 3 is 3.21 bits per heavy atom. The molecule has 0 saturated carbocycles. The van der Waals surface area contributed by atoms with Crippen molar-refractivity contribution in [2.75, 3.05) is 17.3 Å². The monoisotopic (exact) mass is 274 g/mol. The molecule has 0 N–H and O–H groups in total. The number of halogens is 2. The van der Waals surface area contributed by atoms with Crippen LogP contribution in [0.1, 0.15) is 12.8 Å². The van der Waals surface area contributed by atoms with Crippen molar-refractivity contribution in [3.63, 3.8) is 0 Å². The van der Waals surface area contributed by atoms with Crippen LogP contribution in [0.2, 0.25) is 0 Å². The summed E-state index contributed by atoms with van der Waals surface area (Å²) in [5.41, 5.74) is 1.21. The summed E-state index contributed by atoms with van der Waals surface area (Å²) in [6.07, 6.45) is 6.08. The van der Waals surface area contributed by atoms with Gasteiger partial charge in [0.1, 0.15) is 0 Å². The Morgan fingerprint density at radius 2 is 2.50 bits per heavy atom. The lowest BCUT2D eigenvalue weighted by Crippen LogP contribution is -2.30. The maximum Gasteiger partial charge on any atom is 0.0592 e. The normalized spacial score (nSPS) is 21.6. The third kappa shape index (κ3) is 1.89. The van der Waals surface area contributed by atoms with Crippen LogP contribution < -0.4 is 4.90 Å². The second-order valence-electron chi connectivity index (χ2n) is 3.47. The maximum atomic E-state index is 5.93. The highest BCUT2D eigenvalue weighted by molar-refractivity contribution is 9.10. The molecule has 4 heteroatoms. The molecular weight excluding hydrogens is 263 g/mol. The molecule has 0 radical (unpaired) electrons. The minimum Gasteiger partial charge on any atom is -0.366 e. The van der Waals surface area contributed by atoms with Crippen molar-refractivity contribution >= 4 is 33.2 Å². The van der Waals surface area contributed by atoms with E-state index in [1.54, 1.807) is 0 Å². The zero-order chi connectivity index (χ0) is 9.97. The van der Waals surface area contributed by atoms with E-state index in [4.69, 9.17) is 11.6 Å². The molecule has 1 aromatic heterocycles. The van der Waals surface area contributed by atoms with Crippen molar-refractivity contribution in [2.45, 2.75) is 18.9 Å². The highest BCUT2D eigenvalue weighted by Crippen LogP contribution is 2.31. The molecule has 0 aromatic carbocycles. The van der Waals surface area contributed by atoms with Crippen molar-refractivity contribution in [3.8, 4) is 0 Å². The number of aromatic nitrogens is 1. The van der Waals surface area contributed by atoms with Crippen molar-refractivity contribution in [2.24, 2.45) is 0 Å². The van der Waals surface area contributed by atoms with Crippen LogP contribution in [0.15, 0.2) is 22.9 Å². The molecule has 0 bridgehead atoms. The van der Waals surface area contributed by atoms with Crippen LogP contribution in [0, 0.1) is 0 Å². The van der Waals surface area contributed by atoms with Crippen molar-refractivity contribution < 1.29 is 0 Å². The smallest absolute Gasteiger partial charge is 0.0592 e. The molecule has 76 valence electrons. The molecule has 1 atom stereocenters. The number of nitrogens with zero attached hydrogens (tertiary/aromatic N) is 2. The molecular formula is C10H12BrClN2. The fourth-order valence-electron chi connectivity index (χ4n) is 1.91. The average molecular weight is 276 g/mol. The average Bonchev–Trinajstić information content (AvgIpc) is 2.66. The van der Waals surface area contributed by atoms with Gasteiger partial charge in [-0.05, 0) is 34.8 Å². The van der Waals surface area contributed by atoms with E-state index in [2.05, 4.69) is 25.8 Å². The van der Waals surface area contributed by atoms with Crippen LogP contribution in [0.5, 0.6) is 0 Å². The van der Waals surface area contributed by atoms with Gasteiger partial charge in [-0.1, -0.05) is 0 Å². The van der Waals surface area contributed by atoms with Crippen LogP contribution in [0.4, 0.5) is 5.69 Å². The first-order chi connectivity index (χ1) is 6.83. The van der Waals surface area contributed by atoms with Gasteiger partial charge >= 0.3 is 0 Å². The maximum absolute atomic E-state index is 5.93. The van der Waals surface area contributed by atoms with Gasteiger partial charge in [0.15, 0.2) is 0 Å². The summed E-state index contributed by atoms with van der Waals surface area (Å²) < 4.78 is 1.05. The predicted molar refractivity (Wildman–Crippen MR) is 63.0 cm³/mol. The summed E-state index contributed by atoms with van der Waals surface area (Å²) in [7, 11) is 0. The molecule has 0 spiro atoms. The fourth-order valence-corrected chi connectivity index (χ4v) is 2.71. The van der Waals surface area contributed by atoms with Gasteiger partial charge in [0, 0.05) is 30.9 Å². The molecule has 2 rings (SSSR count). The van der Waals surface area contributed by atoms with Crippen molar-refractivity contribution in [3.05, 3.63) is 22.9 Å². The number of anilines is 1. The molecule has 1 fully saturated rings. The second-order valence-corrected chi connectivity index (χ2v) is 4.63. The van der Waals surface area contributed by atoms with E-state index in [9.17, 15) is 0 Å². The predicted octanol–water partition coefficient (Wildman–Crippen LogP) is 3.05. The Balaban J connectivity index is 2.26. The molecule has 14 heavy (non-hydrogen) atoms. The van der Waals surface area contributed by atoms with Crippen molar-refractivity contribution in [1.82, 2.24) is 4.98 Å². The number of hydrogen-bond donors (Lipinski definition) is 0. The van der Waals surface area contributed by atoms with Gasteiger partial charge in [0.25, 0.3) is 0 Å². The summed E-state index contributed by atoms with van der Waals surface area (Å²) in [5, 5.41) is 0. The topological polar surface area (TPSA) is 16.1 Å². The molecule has 2 nitrogen and oxygen atoms in total. The van der Waals surface area contributed by atoms with Gasteiger partial charge in [-0.3, -0.25) is 4.98 Å². The molecule has 1 aliphatic heterocycles. The molecule has 2 heterocycles. The molecule has 1 saturated heterocycles. The summed E-state index contributed by atoms with van der Waals surface area (Å²) in [5.74, 6) is 0.703. The SMILES string of the molecule is ClCC1CCCN1c1ccncc1Br. The molecule has 1 aromatic rings. The largest absolute Gasteiger partial charge is 0.366 e. The Bertz CT molecular complexity index is 319. The Morgan fingerprint density at radius 1 is 1.64 bits per heavy atom. The number of hydrogen-bond acceptors (Lipinski definition) is 2. The van der Waals surface area contributed by atoms with E-state index in [-0.39, 0.29) is 0 Å². The number of alkyl halides is 1. The standard InChI is InChI=1S/C10H12BrClN2/c11-9-7-13-4-3-10(9)14-5-1-2-8(14)6-12/h3-4,7-8H,1-2,5-6H2. The lowest BCUT2D eigenvalue weighted by Gasteiger charge is -2.25. The van der Waals surface area contributed by atoms with E-state index in [1.165, 1.54) is 18.5 Å². The summed E-state index contributed by atoms with van der Waals surface area (Å²) in [6.45, 7) is 1.10. The lowest BCUT2D eigenvalue weighted by atomic mass is 10.2. The number of pyridine rings is 1. The summed E-state index contributed by atoms with van der Waals surface area (Å²) in [4.78, 5) is 6.42. The highest BCUT2D eigenvalue weighted by atomic mass is 79.9. The Labute approximate surface area is 97.4 Å². The first kappa shape index (κ1) is 10.2. The molecule has 0 aliphatic carbocycles. The first-order valence-electron chi connectivity index (χ1n) is 4.75. The van der Waals surface area contributed by atoms with E-state index in [1.807, 2.05) is 18.5 Å². The van der Waals surface area contributed by atoms with Gasteiger partial charge < -0.3 is 4.90 Å².